The molecular weight excluding hydrogens is 214 g/mol. The molecule has 0 bridgehead atoms. The summed E-state index contributed by atoms with van der Waals surface area (Å²) in [6.45, 7) is -0.413. The lowest BCUT2D eigenvalue weighted by Crippen LogP contribution is -2.27. The molecule has 7 nitrogen and oxygen atoms in total. The van der Waals surface area contributed by atoms with Gasteiger partial charge in [-0.15, -0.1) is 0 Å². The molecule has 2 rings (SSSR count). The molecule has 1 saturated heterocycles. The maximum atomic E-state index is 11.5. The van der Waals surface area contributed by atoms with E-state index in [1.54, 1.807) is 0 Å². The third-order valence-electron chi connectivity index (χ3n) is 2.36. The van der Waals surface area contributed by atoms with Crippen molar-refractivity contribution in [3.8, 4) is 0 Å². The van der Waals surface area contributed by atoms with Crippen molar-refractivity contribution in [2.24, 2.45) is 0 Å². The second kappa shape index (κ2) is 4.20. The molecule has 1 aromatic rings. The summed E-state index contributed by atoms with van der Waals surface area (Å²) in [5, 5.41) is 18.5. The van der Waals surface area contributed by atoms with Crippen LogP contribution in [0.3, 0.4) is 0 Å². The summed E-state index contributed by atoms with van der Waals surface area (Å²) < 4.78 is 14.0. The Labute approximate surface area is 92.5 Å². The number of nitrogens with zero attached hydrogens (tertiary/aromatic N) is 2. The standard InChI is InChI=1S/C9H13N3O4/c10-7-1-2-12(9(15)11-7)8-3-5(14)6(4-13)16-8/h1-2,5-6,8,13-14H,3-4H2,(H2,10,11,15)/t5-,6+,8+/m0/s1/i3D/t3-,5-,6+,8+. The number of nitrogens with two attached hydrogens (primary N) is 1. The van der Waals surface area contributed by atoms with Gasteiger partial charge in [-0.3, -0.25) is 4.57 Å². The van der Waals surface area contributed by atoms with Crippen LogP contribution >= 0.6 is 0 Å². The molecule has 4 N–H and O–H groups in total. The number of hydrogen-bond acceptors (Lipinski definition) is 6. The molecule has 0 aromatic carbocycles. The van der Waals surface area contributed by atoms with Crippen molar-refractivity contribution < 1.29 is 16.3 Å². The summed E-state index contributed by atoms with van der Waals surface area (Å²) in [5.74, 6) is 0.0741. The Morgan fingerprint density at radius 2 is 2.56 bits per heavy atom. The van der Waals surface area contributed by atoms with Crippen molar-refractivity contribution in [3.63, 3.8) is 0 Å². The zero-order valence-electron chi connectivity index (χ0n) is 9.35. The lowest BCUT2D eigenvalue weighted by molar-refractivity contribution is -0.0458. The van der Waals surface area contributed by atoms with Gasteiger partial charge >= 0.3 is 5.69 Å². The highest BCUT2D eigenvalue weighted by atomic mass is 16.5. The predicted molar refractivity (Wildman–Crippen MR) is 54.5 cm³/mol. The third kappa shape index (κ3) is 1.92. The number of hydrogen-bond donors (Lipinski definition) is 3. The van der Waals surface area contributed by atoms with Crippen LogP contribution in [0.25, 0.3) is 0 Å². The van der Waals surface area contributed by atoms with E-state index in [4.69, 9.17) is 16.9 Å². The van der Waals surface area contributed by atoms with Gasteiger partial charge in [0, 0.05) is 14.0 Å². The van der Waals surface area contributed by atoms with E-state index < -0.39 is 37.1 Å². The van der Waals surface area contributed by atoms with Crippen LogP contribution in [0.5, 0.6) is 0 Å². The Hall–Kier alpha value is -1.44. The Morgan fingerprint density at radius 1 is 1.81 bits per heavy atom. The van der Waals surface area contributed by atoms with Crippen LogP contribution in [0.15, 0.2) is 17.1 Å². The quantitative estimate of drug-likeness (QED) is 0.566. The van der Waals surface area contributed by atoms with Gasteiger partial charge in [0.1, 0.15) is 18.1 Å². The number of ether oxygens (including phenoxy) is 1. The normalized spacial score (nSPS) is 35.0. The molecule has 1 fully saturated rings. The van der Waals surface area contributed by atoms with Crippen molar-refractivity contribution in [3.05, 3.63) is 22.7 Å². The molecule has 88 valence electrons. The molecule has 0 radical (unpaired) electrons. The van der Waals surface area contributed by atoms with Crippen molar-refractivity contribution in [2.75, 3.05) is 12.3 Å². The topological polar surface area (TPSA) is 111 Å². The number of aliphatic hydroxyl groups excluding tert-OH is 2. The Morgan fingerprint density at radius 3 is 3.12 bits per heavy atom. The SMILES string of the molecule is [2H][C@H]1[C@H](O)[C@@H](CO)O[C@H]1n1ccc(N)nc1=O. The first-order valence-electron chi connectivity index (χ1n) is 5.33. The molecule has 1 aliphatic rings. The molecule has 0 amide bonds. The lowest BCUT2D eigenvalue weighted by atomic mass is 10.2. The van der Waals surface area contributed by atoms with E-state index in [1.807, 2.05) is 0 Å². The van der Waals surface area contributed by atoms with E-state index in [2.05, 4.69) is 4.98 Å². The molecule has 1 aromatic heterocycles. The zero-order chi connectivity index (χ0) is 12.6. The Bertz CT molecular complexity index is 466. The molecule has 0 saturated carbocycles. The second-order valence-electron chi connectivity index (χ2n) is 3.47. The zero-order valence-corrected chi connectivity index (χ0v) is 8.35. The van der Waals surface area contributed by atoms with Crippen LogP contribution in [-0.2, 0) is 4.74 Å². The van der Waals surface area contributed by atoms with E-state index >= 15 is 0 Å². The highest BCUT2D eigenvalue weighted by Crippen LogP contribution is 2.27. The molecule has 0 unspecified atom stereocenters. The summed E-state index contributed by atoms with van der Waals surface area (Å²) >= 11 is 0. The maximum Gasteiger partial charge on any atom is 0.351 e. The van der Waals surface area contributed by atoms with E-state index in [1.165, 1.54) is 12.3 Å². The van der Waals surface area contributed by atoms with Crippen LogP contribution in [0.4, 0.5) is 5.82 Å². The second-order valence-corrected chi connectivity index (χ2v) is 3.47. The van der Waals surface area contributed by atoms with Crippen molar-refractivity contribution >= 4 is 5.82 Å². The average Bonchev–Trinajstić information content (AvgIpc) is 2.57. The smallest absolute Gasteiger partial charge is 0.351 e. The first kappa shape index (κ1) is 9.76. The number of aromatic nitrogens is 2. The monoisotopic (exact) mass is 228 g/mol. The Kier molecular flexibility index (Phi) is 2.56. The molecule has 16 heavy (non-hydrogen) atoms. The van der Waals surface area contributed by atoms with Gasteiger partial charge in [0.25, 0.3) is 0 Å². The van der Waals surface area contributed by atoms with Crippen LogP contribution in [0, 0.1) is 0 Å². The van der Waals surface area contributed by atoms with E-state index in [-0.39, 0.29) is 5.82 Å². The van der Waals surface area contributed by atoms with E-state index in [0.717, 1.165) is 4.57 Å². The number of anilines is 1. The van der Waals surface area contributed by atoms with Gasteiger partial charge in [0.2, 0.25) is 0 Å². The minimum atomic E-state index is -1.14. The average molecular weight is 228 g/mol. The minimum Gasteiger partial charge on any atom is -0.394 e. The van der Waals surface area contributed by atoms with Gasteiger partial charge in [0.05, 0.1) is 12.7 Å². The highest BCUT2D eigenvalue weighted by molar-refractivity contribution is 5.23. The summed E-state index contributed by atoms with van der Waals surface area (Å²) in [6, 6.07) is 1.40. The number of nitrogen functional groups attached to an aromatic ring is 1. The van der Waals surface area contributed by atoms with Gasteiger partial charge in [-0.05, 0) is 6.07 Å². The fourth-order valence-corrected chi connectivity index (χ4v) is 1.53. The van der Waals surface area contributed by atoms with Gasteiger partial charge in [-0.1, -0.05) is 0 Å². The highest BCUT2D eigenvalue weighted by Gasteiger charge is 2.34. The van der Waals surface area contributed by atoms with Gasteiger partial charge in [-0.25, -0.2) is 4.79 Å². The molecule has 0 aliphatic carbocycles. The largest absolute Gasteiger partial charge is 0.394 e. The van der Waals surface area contributed by atoms with Crippen molar-refractivity contribution in [1.82, 2.24) is 9.55 Å². The minimum absolute atomic E-state index is 0.0741. The fourth-order valence-electron chi connectivity index (χ4n) is 1.53. The Balaban J connectivity index is 2.32. The van der Waals surface area contributed by atoms with Crippen molar-refractivity contribution in [1.29, 1.82) is 0 Å². The molecular formula is C9H13N3O4. The molecule has 2 heterocycles. The fraction of sp³-hybridized carbons (Fsp3) is 0.556. The number of aliphatic hydroxyl groups is 2. The van der Waals surface area contributed by atoms with E-state index in [0.29, 0.717) is 0 Å². The summed E-state index contributed by atoms with van der Waals surface area (Å²) in [5.41, 5.74) is 4.69. The first-order valence-corrected chi connectivity index (χ1v) is 4.76. The van der Waals surface area contributed by atoms with Gasteiger partial charge in [0.15, 0.2) is 0 Å². The summed E-state index contributed by atoms with van der Waals surface area (Å²) in [4.78, 5) is 15.0. The van der Waals surface area contributed by atoms with E-state index in [9.17, 15) is 9.90 Å². The maximum absolute atomic E-state index is 11.5. The predicted octanol–water partition coefficient (Wildman–Crippen LogP) is -1.53. The molecule has 0 spiro atoms. The molecule has 7 heteroatoms. The van der Waals surface area contributed by atoms with Crippen molar-refractivity contribution in [2.45, 2.75) is 24.8 Å². The van der Waals surface area contributed by atoms with Crippen LogP contribution in [0.2, 0.25) is 0 Å². The summed E-state index contributed by atoms with van der Waals surface area (Å²) in [6.07, 6.45) is -2.69. The number of rotatable bonds is 2. The third-order valence-corrected chi connectivity index (χ3v) is 2.36. The lowest BCUT2D eigenvalue weighted by Gasteiger charge is -2.13. The van der Waals surface area contributed by atoms with Crippen LogP contribution < -0.4 is 11.4 Å². The first-order chi connectivity index (χ1) is 8.04. The van der Waals surface area contributed by atoms with Gasteiger partial charge in [-0.2, -0.15) is 4.98 Å². The summed E-state index contributed by atoms with van der Waals surface area (Å²) in [7, 11) is 0. The van der Waals surface area contributed by atoms with Gasteiger partial charge < -0.3 is 20.7 Å². The molecule has 1 aliphatic heterocycles. The molecule has 4 atom stereocenters. The van der Waals surface area contributed by atoms with Crippen LogP contribution in [-0.4, -0.2) is 38.6 Å². The van der Waals surface area contributed by atoms with Crippen LogP contribution in [0.1, 0.15) is 14.0 Å².